The molecule has 0 aromatic carbocycles. The molecule has 2 fully saturated rings. The molecule has 0 spiro atoms. The fourth-order valence-electron chi connectivity index (χ4n) is 3.60. The third-order valence-corrected chi connectivity index (χ3v) is 8.64. The van der Waals surface area contributed by atoms with E-state index in [-0.39, 0.29) is 16.0 Å². The van der Waals surface area contributed by atoms with Crippen LogP contribution in [0.4, 0.5) is 0 Å². The van der Waals surface area contributed by atoms with E-state index >= 15 is 0 Å². The average molecular weight is 441 g/mol. The van der Waals surface area contributed by atoms with Gasteiger partial charge in [0.1, 0.15) is 4.21 Å². The van der Waals surface area contributed by atoms with Gasteiger partial charge < -0.3 is 14.2 Å². The average Bonchev–Trinajstić information content (AvgIpc) is 3.43. The molecule has 2 aliphatic rings. The molecular formula is C18H24N4O5S2. The number of piperidine rings is 1. The maximum atomic E-state index is 13.0. The van der Waals surface area contributed by atoms with Gasteiger partial charge in [0.2, 0.25) is 17.6 Å². The summed E-state index contributed by atoms with van der Waals surface area (Å²) in [5.41, 5.74) is 0.634. The molecule has 11 heteroatoms. The van der Waals surface area contributed by atoms with Crippen molar-refractivity contribution in [3.8, 4) is 11.4 Å². The minimum atomic E-state index is -3.60. The third kappa shape index (κ3) is 4.23. The van der Waals surface area contributed by atoms with E-state index in [0.717, 1.165) is 11.3 Å². The zero-order chi connectivity index (χ0) is 20.4. The molecule has 0 radical (unpaired) electrons. The van der Waals surface area contributed by atoms with Crippen LogP contribution >= 0.6 is 11.3 Å². The minimum Gasteiger partial charge on any atom is -0.378 e. The van der Waals surface area contributed by atoms with Crippen LogP contribution in [-0.4, -0.2) is 73.1 Å². The van der Waals surface area contributed by atoms with Gasteiger partial charge in [-0.1, -0.05) is 12.1 Å². The molecule has 1 amide bonds. The Morgan fingerprint density at radius 2 is 1.97 bits per heavy atom. The maximum Gasteiger partial charge on any atom is 0.252 e. The topological polar surface area (TPSA) is 106 Å². The lowest BCUT2D eigenvalue weighted by Gasteiger charge is -2.34. The largest absolute Gasteiger partial charge is 0.378 e. The molecule has 4 heterocycles. The highest BCUT2D eigenvalue weighted by atomic mass is 32.2. The molecule has 9 nitrogen and oxygen atoms in total. The number of rotatable bonds is 5. The highest BCUT2D eigenvalue weighted by Crippen LogP contribution is 2.31. The van der Waals surface area contributed by atoms with Gasteiger partial charge in [0.05, 0.1) is 13.2 Å². The van der Waals surface area contributed by atoms with Gasteiger partial charge in [0.25, 0.3) is 10.0 Å². The number of thiophene rings is 1. The lowest BCUT2D eigenvalue weighted by molar-refractivity contribution is -0.140. The van der Waals surface area contributed by atoms with E-state index in [1.54, 1.807) is 11.4 Å². The van der Waals surface area contributed by atoms with Gasteiger partial charge in [0.15, 0.2) is 0 Å². The Morgan fingerprint density at radius 3 is 2.62 bits per heavy atom. The maximum absolute atomic E-state index is 13.0. The van der Waals surface area contributed by atoms with Crippen LogP contribution in [0, 0.1) is 5.92 Å². The van der Waals surface area contributed by atoms with Crippen molar-refractivity contribution < 1.29 is 22.5 Å². The number of ether oxygens (including phenoxy) is 1. The molecule has 29 heavy (non-hydrogen) atoms. The highest BCUT2D eigenvalue weighted by Gasteiger charge is 2.35. The van der Waals surface area contributed by atoms with Crippen molar-refractivity contribution in [3.63, 3.8) is 0 Å². The number of amides is 1. The molecule has 0 saturated carbocycles. The van der Waals surface area contributed by atoms with Crippen molar-refractivity contribution >= 4 is 27.3 Å². The fourth-order valence-corrected chi connectivity index (χ4v) is 6.38. The second kappa shape index (κ2) is 8.50. The van der Waals surface area contributed by atoms with E-state index < -0.39 is 10.0 Å². The molecule has 0 N–H and O–H groups in total. The first-order valence-electron chi connectivity index (χ1n) is 9.77. The smallest absolute Gasteiger partial charge is 0.252 e. The number of hydrogen-bond acceptors (Lipinski definition) is 8. The zero-order valence-electron chi connectivity index (χ0n) is 16.2. The van der Waals surface area contributed by atoms with Crippen LogP contribution in [0.3, 0.4) is 0 Å². The predicted molar refractivity (Wildman–Crippen MR) is 106 cm³/mol. The second-order valence-electron chi connectivity index (χ2n) is 7.14. The van der Waals surface area contributed by atoms with Gasteiger partial charge in [-0.05, 0) is 18.9 Å². The molecule has 0 aliphatic carbocycles. The number of aromatic nitrogens is 2. The Kier molecular flexibility index (Phi) is 6.00. The number of hydrogen-bond donors (Lipinski definition) is 0. The van der Waals surface area contributed by atoms with Crippen LogP contribution in [0.1, 0.15) is 25.7 Å². The van der Waals surface area contributed by atoms with E-state index in [2.05, 4.69) is 10.1 Å². The van der Waals surface area contributed by atoms with Crippen LogP contribution in [0.5, 0.6) is 0 Å². The van der Waals surface area contributed by atoms with E-state index in [0.29, 0.717) is 75.9 Å². The molecule has 0 atom stereocenters. The lowest BCUT2D eigenvalue weighted by Crippen LogP contribution is -2.47. The number of carbonyl (C=O) groups excluding carboxylic acids is 1. The van der Waals surface area contributed by atoms with E-state index in [1.807, 2.05) is 11.8 Å². The molecule has 2 aliphatic heterocycles. The number of nitrogens with zero attached hydrogens (tertiary/aromatic N) is 4. The van der Waals surface area contributed by atoms with Gasteiger partial charge in [-0.2, -0.15) is 9.29 Å². The number of morpholine rings is 1. The van der Waals surface area contributed by atoms with Crippen molar-refractivity contribution in [1.29, 1.82) is 0 Å². The van der Waals surface area contributed by atoms with Crippen LogP contribution in [-0.2, 0) is 26.0 Å². The van der Waals surface area contributed by atoms with E-state index in [9.17, 15) is 13.2 Å². The summed E-state index contributed by atoms with van der Waals surface area (Å²) in [6.45, 7) is 4.97. The molecule has 2 aromatic rings. The molecule has 2 aromatic heterocycles. The van der Waals surface area contributed by atoms with Crippen molar-refractivity contribution in [2.24, 2.45) is 5.92 Å². The first-order chi connectivity index (χ1) is 14.0. The SMILES string of the molecule is CCc1nc(-c2csc(S(=O)(=O)N3CCC(C(=O)N4CCOCC4)CC3)c2)no1. The lowest BCUT2D eigenvalue weighted by atomic mass is 9.96. The monoisotopic (exact) mass is 440 g/mol. The summed E-state index contributed by atoms with van der Waals surface area (Å²) < 4.78 is 38.2. The van der Waals surface area contributed by atoms with Gasteiger partial charge >= 0.3 is 0 Å². The Morgan fingerprint density at radius 1 is 1.24 bits per heavy atom. The highest BCUT2D eigenvalue weighted by molar-refractivity contribution is 7.91. The van der Waals surface area contributed by atoms with Gasteiger partial charge in [-0.25, -0.2) is 8.42 Å². The number of aryl methyl sites for hydroxylation is 1. The Bertz CT molecular complexity index is 957. The van der Waals surface area contributed by atoms with Crippen molar-refractivity contribution in [3.05, 3.63) is 17.3 Å². The summed E-state index contributed by atoms with van der Waals surface area (Å²) in [5.74, 6) is 0.912. The van der Waals surface area contributed by atoms with Gasteiger partial charge in [-0.3, -0.25) is 4.79 Å². The quantitative estimate of drug-likeness (QED) is 0.695. The van der Waals surface area contributed by atoms with Crippen LogP contribution < -0.4 is 0 Å². The molecule has 0 unspecified atom stereocenters. The van der Waals surface area contributed by atoms with Crippen LogP contribution in [0.2, 0.25) is 0 Å². The zero-order valence-corrected chi connectivity index (χ0v) is 17.9. The number of carbonyl (C=O) groups is 1. The predicted octanol–water partition coefficient (Wildman–Crippen LogP) is 1.62. The molecular weight excluding hydrogens is 416 g/mol. The Labute approximate surface area is 173 Å². The Balaban J connectivity index is 1.40. The van der Waals surface area contributed by atoms with Crippen LogP contribution in [0.25, 0.3) is 11.4 Å². The Hall–Kier alpha value is -1.82. The fraction of sp³-hybridized carbons (Fsp3) is 0.611. The number of sulfonamides is 1. The van der Waals surface area contributed by atoms with E-state index in [1.165, 1.54) is 4.31 Å². The van der Waals surface area contributed by atoms with Crippen molar-refractivity contribution in [2.45, 2.75) is 30.4 Å². The first kappa shape index (κ1) is 20.5. The molecule has 4 rings (SSSR count). The van der Waals surface area contributed by atoms with Crippen molar-refractivity contribution in [1.82, 2.24) is 19.3 Å². The minimum absolute atomic E-state index is 0.118. The molecule has 0 bridgehead atoms. The second-order valence-corrected chi connectivity index (χ2v) is 10.2. The summed E-state index contributed by atoms with van der Waals surface area (Å²) in [6.07, 6.45) is 1.71. The van der Waals surface area contributed by atoms with Crippen LogP contribution in [0.15, 0.2) is 20.2 Å². The summed E-state index contributed by atoms with van der Waals surface area (Å²) >= 11 is 1.15. The summed E-state index contributed by atoms with van der Waals surface area (Å²) in [5, 5.41) is 5.63. The van der Waals surface area contributed by atoms with Gasteiger partial charge in [-0.15, -0.1) is 11.3 Å². The third-order valence-electron chi connectivity index (χ3n) is 5.32. The summed E-state index contributed by atoms with van der Waals surface area (Å²) in [6, 6.07) is 1.59. The normalized spacial score (nSPS) is 19.6. The molecule has 158 valence electrons. The molecule has 2 saturated heterocycles. The summed E-state index contributed by atoms with van der Waals surface area (Å²) in [4.78, 5) is 18.7. The standard InChI is InChI=1S/C18H24N4O5S2/c1-2-15-19-17(20-27-15)14-11-16(28-12-14)29(24,25)22-5-3-13(4-6-22)18(23)21-7-9-26-10-8-21/h11-13H,2-10H2,1H3. The summed E-state index contributed by atoms with van der Waals surface area (Å²) in [7, 11) is -3.60. The van der Waals surface area contributed by atoms with Gasteiger partial charge in [0, 0.05) is 49.5 Å². The van der Waals surface area contributed by atoms with E-state index in [4.69, 9.17) is 9.26 Å². The van der Waals surface area contributed by atoms with Crippen molar-refractivity contribution in [2.75, 3.05) is 39.4 Å². The first-order valence-corrected chi connectivity index (χ1v) is 12.1.